The Labute approximate surface area is 175 Å². The maximum atomic E-state index is 14.1. The SMILES string of the molecule is CCOC(=O)Cn1c(CCc2cccc(F)c2F)c(C(C)=O)c(=O)c2sc(C)cc21. The van der Waals surface area contributed by atoms with Gasteiger partial charge in [0.05, 0.1) is 22.4 Å². The lowest BCUT2D eigenvalue weighted by Gasteiger charge is -2.18. The molecule has 158 valence electrons. The number of pyridine rings is 1. The van der Waals surface area contributed by atoms with E-state index in [9.17, 15) is 23.2 Å². The molecule has 0 aliphatic rings. The molecule has 0 N–H and O–H groups in total. The van der Waals surface area contributed by atoms with Crippen LogP contribution < -0.4 is 5.43 Å². The molecule has 5 nitrogen and oxygen atoms in total. The van der Waals surface area contributed by atoms with Crippen molar-refractivity contribution in [2.75, 3.05) is 6.61 Å². The molecule has 0 spiro atoms. The first kappa shape index (κ1) is 21.8. The van der Waals surface area contributed by atoms with E-state index in [2.05, 4.69) is 0 Å². The van der Waals surface area contributed by atoms with E-state index < -0.39 is 28.8 Å². The van der Waals surface area contributed by atoms with Gasteiger partial charge in [-0.05, 0) is 51.3 Å². The van der Waals surface area contributed by atoms with Crippen LogP contribution in [0.5, 0.6) is 0 Å². The Morgan fingerprint density at radius 3 is 2.60 bits per heavy atom. The van der Waals surface area contributed by atoms with Crippen molar-refractivity contribution < 1.29 is 23.1 Å². The highest BCUT2D eigenvalue weighted by molar-refractivity contribution is 7.18. The van der Waals surface area contributed by atoms with Gasteiger partial charge in [-0.3, -0.25) is 14.4 Å². The third-order valence-corrected chi connectivity index (χ3v) is 5.82. The second-order valence-corrected chi connectivity index (χ2v) is 8.14. The topological polar surface area (TPSA) is 65.4 Å². The first-order valence-electron chi connectivity index (χ1n) is 9.49. The van der Waals surface area contributed by atoms with Gasteiger partial charge in [0.2, 0.25) is 5.43 Å². The van der Waals surface area contributed by atoms with Gasteiger partial charge in [-0.2, -0.15) is 0 Å². The Balaban J connectivity index is 2.19. The highest BCUT2D eigenvalue weighted by atomic mass is 32.1. The molecular weight excluding hydrogens is 412 g/mol. The number of carbonyl (C=O) groups is 2. The zero-order valence-corrected chi connectivity index (χ0v) is 17.7. The minimum Gasteiger partial charge on any atom is -0.465 e. The molecule has 0 amide bonds. The molecule has 30 heavy (non-hydrogen) atoms. The van der Waals surface area contributed by atoms with E-state index in [0.29, 0.717) is 15.9 Å². The van der Waals surface area contributed by atoms with Gasteiger partial charge in [0, 0.05) is 10.6 Å². The Morgan fingerprint density at radius 1 is 1.20 bits per heavy atom. The lowest BCUT2D eigenvalue weighted by atomic mass is 10.0. The number of ether oxygens (including phenoxy) is 1. The number of aryl methyl sites for hydroxylation is 2. The van der Waals surface area contributed by atoms with Crippen LogP contribution in [0.1, 0.15) is 40.3 Å². The Hall–Kier alpha value is -2.87. The average Bonchev–Trinajstić information content (AvgIpc) is 3.07. The summed E-state index contributed by atoms with van der Waals surface area (Å²) in [7, 11) is 0. The summed E-state index contributed by atoms with van der Waals surface area (Å²) in [5.74, 6) is -2.89. The summed E-state index contributed by atoms with van der Waals surface area (Å²) in [6, 6.07) is 5.65. The monoisotopic (exact) mass is 433 g/mol. The fourth-order valence-electron chi connectivity index (χ4n) is 3.52. The van der Waals surface area contributed by atoms with E-state index in [4.69, 9.17) is 4.74 Å². The maximum absolute atomic E-state index is 14.1. The predicted molar refractivity (Wildman–Crippen MR) is 111 cm³/mol. The number of ketones is 1. The molecule has 2 heterocycles. The summed E-state index contributed by atoms with van der Waals surface area (Å²) in [5, 5.41) is 0. The quantitative estimate of drug-likeness (QED) is 0.414. The highest BCUT2D eigenvalue weighted by Gasteiger charge is 2.23. The van der Waals surface area contributed by atoms with Gasteiger partial charge < -0.3 is 9.30 Å². The van der Waals surface area contributed by atoms with Crippen molar-refractivity contribution in [3.63, 3.8) is 0 Å². The first-order chi connectivity index (χ1) is 14.2. The van der Waals surface area contributed by atoms with Gasteiger partial charge in [-0.1, -0.05) is 12.1 Å². The number of hydrogen-bond donors (Lipinski definition) is 0. The van der Waals surface area contributed by atoms with Gasteiger partial charge in [0.25, 0.3) is 0 Å². The van der Waals surface area contributed by atoms with Crippen molar-refractivity contribution in [3.05, 3.63) is 67.8 Å². The molecule has 0 bridgehead atoms. The number of Topliss-reactive ketones (excluding diaryl/α,β-unsaturated/α-hetero) is 1. The van der Waals surface area contributed by atoms with E-state index in [1.807, 2.05) is 6.92 Å². The van der Waals surface area contributed by atoms with Crippen LogP contribution in [0.4, 0.5) is 8.78 Å². The molecule has 0 aliphatic heterocycles. The molecule has 0 fully saturated rings. The molecule has 2 aromatic heterocycles. The van der Waals surface area contributed by atoms with Crippen molar-refractivity contribution in [1.82, 2.24) is 4.57 Å². The van der Waals surface area contributed by atoms with Gasteiger partial charge in [0.15, 0.2) is 17.4 Å². The standard InChI is InChI=1S/C22H21F2NO4S/c1-4-29-18(27)11-25-16(9-8-14-6-5-7-15(23)20(14)24)19(13(3)26)21(28)22-17(25)10-12(2)30-22/h5-7,10H,4,8-9,11H2,1-3H3. The van der Waals surface area contributed by atoms with Gasteiger partial charge >= 0.3 is 5.97 Å². The lowest BCUT2D eigenvalue weighted by Crippen LogP contribution is -2.26. The van der Waals surface area contributed by atoms with Crippen LogP contribution in [0.3, 0.4) is 0 Å². The van der Waals surface area contributed by atoms with Gasteiger partial charge in [0.1, 0.15) is 6.54 Å². The molecule has 0 unspecified atom stereocenters. The van der Waals surface area contributed by atoms with E-state index in [1.165, 1.54) is 30.4 Å². The highest BCUT2D eigenvalue weighted by Crippen LogP contribution is 2.26. The molecule has 0 atom stereocenters. The molecule has 3 aromatic rings. The molecular formula is C22H21F2NO4S. The predicted octanol–water partition coefficient (Wildman–Crippen LogP) is 4.20. The molecule has 0 aliphatic carbocycles. The van der Waals surface area contributed by atoms with Crippen molar-refractivity contribution >= 4 is 33.3 Å². The van der Waals surface area contributed by atoms with Gasteiger partial charge in [-0.15, -0.1) is 11.3 Å². The zero-order chi connectivity index (χ0) is 22.0. The average molecular weight is 433 g/mol. The molecule has 0 saturated carbocycles. The number of nitrogens with zero attached hydrogens (tertiary/aromatic N) is 1. The Morgan fingerprint density at radius 2 is 1.93 bits per heavy atom. The number of rotatable bonds is 7. The van der Waals surface area contributed by atoms with Crippen molar-refractivity contribution in [3.8, 4) is 0 Å². The number of thiophene rings is 1. The van der Waals surface area contributed by atoms with Crippen LogP contribution in [0.2, 0.25) is 0 Å². The molecule has 3 rings (SSSR count). The fourth-order valence-corrected chi connectivity index (χ4v) is 4.48. The van der Waals surface area contributed by atoms with E-state index >= 15 is 0 Å². The number of benzene rings is 1. The van der Waals surface area contributed by atoms with Crippen LogP contribution in [-0.4, -0.2) is 22.9 Å². The van der Waals surface area contributed by atoms with Crippen LogP contribution in [0, 0.1) is 18.6 Å². The fraction of sp³-hybridized carbons (Fsp3) is 0.318. The second-order valence-electron chi connectivity index (χ2n) is 6.88. The summed E-state index contributed by atoms with van der Waals surface area (Å²) in [4.78, 5) is 38.5. The summed E-state index contributed by atoms with van der Waals surface area (Å²) < 4.78 is 34.7. The van der Waals surface area contributed by atoms with Crippen molar-refractivity contribution in [1.29, 1.82) is 0 Å². The third-order valence-electron chi connectivity index (χ3n) is 4.78. The largest absolute Gasteiger partial charge is 0.465 e. The number of aromatic nitrogens is 1. The third kappa shape index (κ3) is 4.18. The number of fused-ring (bicyclic) bond motifs is 1. The van der Waals surface area contributed by atoms with E-state index in [1.54, 1.807) is 17.6 Å². The maximum Gasteiger partial charge on any atom is 0.325 e. The number of carbonyl (C=O) groups excluding carboxylic acids is 2. The molecule has 0 saturated heterocycles. The van der Waals surface area contributed by atoms with Crippen molar-refractivity contribution in [2.24, 2.45) is 0 Å². The summed E-state index contributed by atoms with van der Waals surface area (Å²) in [6.45, 7) is 4.79. The molecule has 1 aromatic carbocycles. The number of esters is 1. The number of hydrogen-bond acceptors (Lipinski definition) is 5. The first-order valence-corrected chi connectivity index (χ1v) is 10.3. The smallest absolute Gasteiger partial charge is 0.325 e. The van der Waals surface area contributed by atoms with Gasteiger partial charge in [-0.25, -0.2) is 8.78 Å². The lowest BCUT2D eigenvalue weighted by molar-refractivity contribution is -0.143. The van der Waals surface area contributed by atoms with Crippen molar-refractivity contribution in [2.45, 2.75) is 40.2 Å². The number of halogens is 2. The minimum atomic E-state index is -0.966. The van der Waals surface area contributed by atoms with Crippen LogP contribution in [-0.2, 0) is 28.9 Å². The Kier molecular flexibility index (Phi) is 6.45. The van der Waals surface area contributed by atoms with Crippen LogP contribution in [0.25, 0.3) is 10.2 Å². The van der Waals surface area contributed by atoms with Crippen LogP contribution >= 0.6 is 11.3 Å². The minimum absolute atomic E-state index is 0.0366. The normalized spacial score (nSPS) is 11.1. The zero-order valence-electron chi connectivity index (χ0n) is 16.9. The summed E-state index contributed by atoms with van der Waals surface area (Å²) >= 11 is 1.25. The molecule has 0 radical (unpaired) electrons. The van der Waals surface area contributed by atoms with Crippen LogP contribution in [0.15, 0.2) is 29.1 Å². The summed E-state index contributed by atoms with van der Waals surface area (Å²) in [6.07, 6.45) is 0.134. The second kappa shape index (κ2) is 8.87. The summed E-state index contributed by atoms with van der Waals surface area (Å²) in [5.41, 5.74) is 0.516. The van der Waals surface area contributed by atoms with E-state index in [0.717, 1.165) is 10.9 Å². The Bertz CT molecular complexity index is 1200. The molecule has 8 heteroatoms. The van der Waals surface area contributed by atoms with E-state index in [-0.39, 0.29) is 37.1 Å².